The van der Waals surface area contributed by atoms with E-state index in [-0.39, 0.29) is 0 Å². The standard InChI is InChI=1S/C16H18N2/c1-13-8-10-14(11-9-13)12-16(18-17-2)15-6-4-3-5-7-15/h3-11,17H,12H2,1-2H3/b18-16-. The molecule has 0 aliphatic heterocycles. The summed E-state index contributed by atoms with van der Waals surface area (Å²) in [5.41, 5.74) is 7.66. The summed E-state index contributed by atoms with van der Waals surface area (Å²) < 4.78 is 0. The first-order chi connectivity index (χ1) is 8.79. The summed E-state index contributed by atoms with van der Waals surface area (Å²) >= 11 is 0. The third-order valence-corrected chi connectivity index (χ3v) is 2.85. The minimum atomic E-state index is 0.838. The summed E-state index contributed by atoms with van der Waals surface area (Å²) in [5.74, 6) is 0. The fraction of sp³-hybridized carbons (Fsp3) is 0.188. The second-order valence-electron chi connectivity index (χ2n) is 4.31. The zero-order valence-corrected chi connectivity index (χ0v) is 10.9. The first-order valence-electron chi connectivity index (χ1n) is 6.14. The Morgan fingerprint density at radius 1 is 1.00 bits per heavy atom. The van der Waals surface area contributed by atoms with Gasteiger partial charge in [0.1, 0.15) is 0 Å². The van der Waals surface area contributed by atoms with Crippen LogP contribution in [0.5, 0.6) is 0 Å². The molecule has 0 aliphatic rings. The van der Waals surface area contributed by atoms with Crippen molar-refractivity contribution in [1.82, 2.24) is 5.43 Å². The molecule has 0 aliphatic carbocycles. The van der Waals surface area contributed by atoms with Gasteiger partial charge in [-0.3, -0.25) is 0 Å². The van der Waals surface area contributed by atoms with Gasteiger partial charge in [0.15, 0.2) is 0 Å². The summed E-state index contributed by atoms with van der Waals surface area (Å²) in [6.45, 7) is 2.10. The van der Waals surface area contributed by atoms with E-state index in [4.69, 9.17) is 0 Å². The first kappa shape index (κ1) is 12.4. The van der Waals surface area contributed by atoms with Crippen LogP contribution in [0.3, 0.4) is 0 Å². The number of nitrogens with zero attached hydrogens (tertiary/aromatic N) is 1. The second kappa shape index (κ2) is 6.01. The van der Waals surface area contributed by atoms with E-state index in [0.717, 1.165) is 17.7 Å². The minimum Gasteiger partial charge on any atom is -0.313 e. The van der Waals surface area contributed by atoms with Crippen LogP contribution in [0.4, 0.5) is 0 Å². The maximum atomic E-state index is 4.38. The van der Waals surface area contributed by atoms with E-state index in [1.165, 1.54) is 11.1 Å². The summed E-state index contributed by atoms with van der Waals surface area (Å²) in [5, 5.41) is 4.38. The lowest BCUT2D eigenvalue weighted by molar-refractivity contribution is 0.894. The van der Waals surface area contributed by atoms with Crippen LogP contribution in [0, 0.1) is 6.92 Å². The molecule has 0 unspecified atom stereocenters. The van der Waals surface area contributed by atoms with Gasteiger partial charge in [0, 0.05) is 13.5 Å². The highest BCUT2D eigenvalue weighted by Gasteiger charge is 2.04. The molecule has 0 aromatic heterocycles. The van der Waals surface area contributed by atoms with Gasteiger partial charge in [-0.2, -0.15) is 5.10 Å². The number of benzene rings is 2. The van der Waals surface area contributed by atoms with Gasteiger partial charge < -0.3 is 5.43 Å². The first-order valence-corrected chi connectivity index (χ1v) is 6.14. The Morgan fingerprint density at radius 2 is 1.67 bits per heavy atom. The average molecular weight is 238 g/mol. The Labute approximate surface area is 108 Å². The maximum absolute atomic E-state index is 4.38. The number of nitrogens with one attached hydrogen (secondary N) is 1. The third kappa shape index (κ3) is 3.20. The van der Waals surface area contributed by atoms with Crippen LogP contribution >= 0.6 is 0 Å². The normalized spacial score (nSPS) is 11.3. The predicted octanol–water partition coefficient (Wildman–Crippen LogP) is 3.16. The third-order valence-electron chi connectivity index (χ3n) is 2.85. The van der Waals surface area contributed by atoms with Crippen molar-refractivity contribution < 1.29 is 0 Å². The lowest BCUT2D eigenvalue weighted by Crippen LogP contribution is -2.10. The maximum Gasteiger partial charge on any atom is 0.0718 e. The van der Waals surface area contributed by atoms with Crippen LogP contribution in [0.1, 0.15) is 16.7 Å². The van der Waals surface area contributed by atoms with Crippen molar-refractivity contribution >= 4 is 5.71 Å². The van der Waals surface area contributed by atoms with Crippen LogP contribution < -0.4 is 5.43 Å². The molecule has 1 N–H and O–H groups in total. The quantitative estimate of drug-likeness (QED) is 0.642. The Balaban J connectivity index is 2.22. The molecule has 2 heteroatoms. The average Bonchev–Trinajstić information content (AvgIpc) is 2.42. The fourth-order valence-electron chi connectivity index (χ4n) is 1.87. The fourth-order valence-corrected chi connectivity index (χ4v) is 1.87. The van der Waals surface area contributed by atoms with E-state index in [2.05, 4.69) is 53.8 Å². The highest BCUT2D eigenvalue weighted by atomic mass is 15.3. The van der Waals surface area contributed by atoms with Gasteiger partial charge in [-0.15, -0.1) is 0 Å². The van der Waals surface area contributed by atoms with Gasteiger partial charge in [0.25, 0.3) is 0 Å². The summed E-state index contributed by atoms with van der Waals surface area (Å²) in [4.78, 5) is 0. The molecule has 0 spiro atoms. The molecular weight excluding hydrogens is 220 g/mol. The zero-order valence-electron chi connectivity index (χ0n) is 10.9. The zero-order chi connectivity index (χ0) is 12.8. The van der Waals surface area contributed by atoms with Crippen LogP contribution in [-0.4, -0.2) is 12.8 Å². The van der Waals surface area contributed by atoms with E-state index < -0.39 is 0 Å². The van der Waals surface area contributed by atoms with Crippen molar-refractivity contribution in [1.29, 1.82) is 0 Å². The number of hydrogen-bond acceptors (Lipinski definition) is 2. The second-order valence-corrected chi connectivity index (χ2v) is 4.31. The van der Waals surface area contributed by atoms with E-state index in [0.29, 0.717) is 0 Å². The monoisotopic (exact) mass is 238 g/mol. The molecular formula is C16H18N2. The largest absolute Gasteiger partial charge is 0.313 e. The molecule has 0 amide bonds. The molecule has 0 radical (unpaired) electrons. The van der Waals surface area contributed by atoms with Crippen LogP contribution in [0.15, 0.2) is 59.7 Å². The van der Waals surface area contributed by atoms with Crippen molar-refractivity contribution in [3.63, 3.8) is 0 Å². The predicted molar refractivity (Wildman–Crippen MR) is 76.9 cm³/mol. The minimum absolute atomic E-state index is 0.838. The smallest absolute Gasteiger partial charge is 0.0718 e. The van der Waals surface area contributed by atoms with Crippen LogP contribution in [0.25, 0.3) is 0 Å². The van der Waals surface area contributed by atoms with Gasteiger partial charge >= 0.3 is 0 Å². The molecule has 92 valence electrons. The highest BCUT2D eigenvalue weighted by molar-refractivity contribution is 6.01. The number of rotatable bonds is 4. The highest BCUT2D eigenvalue weighted by Crippen LogP contribution is 2.09. The van der Waals surface area contributed by atoms with Gasteiger partial charge in [-0.05, 0) is 18.1 Å². The molecule has 0 bridgehead atoms. The SMILES string of the molecule is CN/N=C(/Cc1ccc(C)cc1)c1ccccc1. The lowest BCUT2D eigenvalue weighted by Gasteiger charge is -2.07. The molecule has 2 aromatic carbocycles. The van der Waals surface area contributed by atoms with Crippen LogP contribution in [0.2, 0.25) is 0 Å². The van der Waals surface area contributed by atoms with Gasteiger partial charge in [-0.1, -0.05) is 60.2 Å². The van der Waals surface area contributed by atoms with Crippen LogP contribution in [-0.2, 0) is 6.42 Å². The Morgan fingerprint density at radius 3 is 2.28 bits per heavy atom. The summed E-state index contributed by atoms with van der Waals surface area (Å²) in [6, 6.07) is 18.9. The molecule has 2 nitrogen and oxygen atoms in total. The van der Waals surface area contributed by atoms with Crippen molar-refractivity contribution in [3.8, 4) is 0 Å². The number of aryl methyl sites for hydroxylation is 1. The molecule has 0 saturated carbocycles. The summed E-state index contributed by atoms with van der Waals surface area (Å²) in [6.07, 6.45) is 0.838. The number of hydrogen-bond donors (Lipinski definition) is 1. The summed E-state index contributed by atoms with van der Waals surface area (Å²) in [7, 11) is 1.83. The topological polar surface area (TPSA) is 24.4 Å². The van der Waals surface area contributed by atoms with E-state index in [9.17, 15) is 0 Å². The molecule has 0 heterocycles. The van der Waals surface area contributed by atoms with E-state index in [1.807, 2.05) is 25.2 Å². The van der Waals surface area contributed by atoms with E-state index in [1.54, 1.807) is 0 Å². The Hall–Kier alpha value is -2.09. The molecule has 18 heavy (non-hydrogen) atoms. The molecule has 0 fully saturated rings. The Bertz CT molecular complexity index is 513. The van der Waals surface area contributed by atoms with Gasteiger partial charge in [0.2, 0.25) is 0 Å². The Kier molecular flexibility index (Phi) is 4.13. The van der Waals surface area contributed by atoms with Crippen molar-refractivity contribution in [2.75, 3.05) is 7.05 Å². The molecule has 2 aromatic rings. The lowest BCUT2D eigenvalue weighted by atomic mass is 10.0. The van der Waals surface area contributed by atoms with Crippen molar-refractivity contribution in [2.45, 2.75) is 13.3 Å². The van der Waals surface area contributed by atoms with E-state index >= 15 is 0 Å². The molecule has 0 saturated heterocycles. The van der Waals surface area contributed by atoms with Gasteiger partial charge in [-0.25, -0.2) is 0 Å². The molecule has 0 atom stereocenters. The van der Waals surface area contributed by atoms with Crippen molar-refractivity contribution in [3.05, 3.63) is 71.3 Å². The van der Waals surface area contributed by atoms with Gasteiger partial charge in [0.05, 0.1) is 5.71 Å². The number of hydrazone groups is 1. The van der Waals surface area contributed by atoms with Crippen molar-refractivity contribution in [2.24, 2.45) is 5.10 Å². The molecule has 2 rings (SSSR count).